The van der Waals surface area contributed by atoms with E-state index in [2.05, 4.69) is 5.32 Å². The Balaban J connectivity index is 1.49. The van der Waals surface area contributed by atoms with Gasteiger partial charge in [0.25, 0.3) is 0 Å². The topological polar surface area (TPSA) is 66.4 Å². The second kappa shape index (κ2) is 8.32. The third-order valence-electron chi connectivity index (χ3n) is 4.80. The van der Waals surface area contributed by atoms with Crippen molar-refractivity contribution in [2.75, 3.05) is 18.1 Å². The van der Waals surface area contributed by atoms with Gasteiger partial charge in [-0.25, -0.2) is 0 Å². The van der Waals surface area contributed by atoms with Crippen molar-refractivity contribution in [2.24, 2.45) is 11.3 Å². The SMILES string of the molecule is O=C(O)CCSSCCNC(=O)C1CCC2(CCC2)CC1. The van der Waals surface area contributed by atoms with Crippen LogP contribution in [0.15, 0.2) is 0 Å². The summed E-state index contributed by atoms with van der Waals surface area (Å²) in [6, 6.07) is 0. The normalized spacial score (nSPS) is 21.0. The summed E-state index contributed by atoms with van der Waals surface area (Å²) in [5.74, 6) is 1.16. The lowest BCUT2D eigenvalue weighted by Gasteiger charge is -2.46. The molecule has 0 unspecified atom stereocenters. The van der Waals surface area contributed by atoms with Gasteiger partial charge in [0.05, 0.1) is 6.42 Å². The second-order valence-electron chi connectivity index (χ2n) is 6.21. The number of rotatable bonds is 8. The quantitative estimate of drug-likeness (QED) is 0.527. The summed E-state index contributed by atoms with van der Waals surface area (Å²) in [5, 5.41) is 11.5. The fourth-order valence-corrected chi connectivity index (χ4v) is 5.16. The van der Waals surface area contributed by atoms with Crippen molar-refractivity contribution in [3.05, 3.63) is 0 Å². The molecule has 120 valence electrons. The monoisotopic (exact) mass is 331 g/mol. The second-order valence-corrected chi connectivity index (χ2v) is 8.91. The van der Waals surface area contributed by atoms with Crippen LogP contribution in [-0.2, 0) is 9.59 Å². The Labute approximate surface area is 134 Å². The van der Waals surface area contributed by atoms with Gasteiger partial charge in [0, 0.05) is 24.0 Å². The molecular weight excluding hydrogens is 306 g/mol. The molecule has 2 N–H and O–H groups in total. The fourth-order valence-electron chi connectivity index (χ4n) is 3.28. The maximum atomic E-state index is 12.1. The van der Waals surface area contributed by atoms with Gasteiger partial charge in [-0.3, -0.25) is 9.59 Å². The van der Waals surface area contributed by atoms with Crippen LogP contribution in [0, 0.1) is 11.3 Å². The van der Waals surface area contributed by atoms with Crippen LogP contribution in [0.5, 0.6) is 0 Å². The highest BCUT2D eigenvalue weighted by Crippen LogP contribution is 2.52. The molecule has 6 heteroatoms. The Morgan fingerprint density at radius 2 is 1.76 bits per heavy atom. The molecule has 2 rings (SSSR count). The van der Waals surface area contributed by atoms with Gasteiger partial charge >= 0.3 is 5.97 Å². The van der Waals surface area contributed by atoms with Crippen molar-refractivity contribution in [3.63, 3.8) is 0 Å². The summed E-state index contributed by atoms with van der Waals surface area (Å²) < 4.78 is 0. The van der Waals surface area contributed by atoms with Crippen LogP contribution >= 0.6 is 21.6 Å². The van der Waals surface area contributed by atoms with Crippen LogP contribution in [0.4, 0.5) is 0 Å². The molecule has 0 heterocycles. The van der Waals surface area contributed by atoms with Crippen molar-refractivity contribution < 1.29 is 14.7 Å². The molecule has 1 amide bonds. The number of carbonyl (C=O) groups is 2. The minimum atomic E-state index is -0.752. The molecule has 2 saturated carbocycles. The summed E-state index contributed by atoms with van der Waals surface area (Å²) in [7, 11) is 3.20. The highest BCUT2D eigenvalue weighted by Gasteiger charge is 2.41. The lowest BCUT2D eigenvalue weighted by molar-refractivity contribution is -0.136. The number of hydrogen-bond acceptors (Lipinski definition) is 4. The average molecular weight is 332 g/mol. The highest BCUT2D eigenvalue weighted by molar-refractivity contribution is 8.76. The van der Waals surface area contributed by atoms with E-state index in [4.69, 9.17) is 5.11 Å². The van der Waals surface area contributed by atoms with Crippen molar-refractivity contribution in [1.29, 1.82) is 0 Å². The highest BCUT2D eigenvalue weighted by atomic mass is 33.1. The lowest BCUT2D eigenvalue weighted by Crippen LogP contribution is -2.39. The first-order valence-electron chi connectivity index (χ1n) is 7.85. The van der Waals surface area contributed by atoms with Crippen LogP contribution < -0.4 is 5.32 Å². The summed E-state index contributed by atoms with van der Waals surface area (Å²) >= 11 is 0. The Kier molecular flexibility index (Phi) is 6.74. The zero-order valence-electron chi connectivity index (χ0n) is 12.4. The molecule has 0 saturated heterocycles. The van der Waals surface area contributed by atoms with Crippen LogP contribution in [0.2, 0.25) is 0 Å². The number of carboxylic acids is 1. The molecule has 2 aliphatic carbocycles. The molecule has 0 aromatic heterocycles. The van der Waals surface area contributed by atoms with Crippen molar-refractivity contribution in [3.8, 4) is 0 Å². The zero-order valence-corrected chi connectivity index (χ0v) is 14.1. The maximum absolute atomic E-state index is 12.1. The third kappa shape index (κ3) is 5.40. The summed E-state index contributed by atoms with van der Waals surface area (Å²) in [5.41, 5.74) is 0.618. The van der Waals surface area contributed by atoms with Gasteiger partial charge in [0.1, 0.15) is 0 Å². The van der Waals surface area contributed by atoms with Crippen molar-refractivity contribution >= 4 is 33.5 Å². The molecule has 0 bridgehead atoms. The van der Waals surface area contributed by atoms with Gasteiger partial charge in [-0.1, -0.05) is 28.0 Å². The molecule has 21 heavy (non-hydrogen) atoms. The van der Waals surface area contributed by atoms with Gasteiger partial charge in [-0.2, -0.15) is 0 Å². The van der Waals surface area contributed by atoms with E-state index in [9.17, 15) is 9.59 Å². The molecule has 2 aliphatic rings. The Morgan fingerprint density at radius 3 is 2.33 bits per heavy atom. The number of amides is 1. The molecule has 1 spiro atoms. The minimum Gasteiger partial charge on any atom is -0.481 e. The first-order chi connectivity index (χ1) is 10.1. The fraction of sp³-hybridized carbons (Fsp3) is 0.867. The number of aliphatic carboxylic acids is 1. The summed E-state index contributed by atoms with van der Waals surface area (Å²) in [6.07, 6.45) is 8.95. The van der Waals surface area contributed by atoms with Crippen LogP contribution in [0.3, 0.4) is 0 Å². The molecular formula is C15H25NO3S2. The molecule has 2 fully saturated rings. The number of carbonyl (C=O) groups excluding carboxylic acids is 1. The van der Waals surface area contributed by atoms with E-state index in [0.29, 0.717) is 17.7 Å². The molecule has 4 nitrogen and oxygen atoms in total. The van der Waals surface area contributed by atoms with E-state index in [-0.39, 0.29) is 18.2 Å². The zero-order chi connectivity index (χ0) is 15.1. The predicted molar refractivity (Wildman–Crippen MR) is 88.4 cm³/mol. The van der Waals surface area contributed by atoms with E-state index >= 15 is 0 Å². The van der Waals surface area contributed by atoms with Crippen LogP contribution in [-0.4, -0.2) is 35.0 Å². The lowest BCUT2D eigenvalue weighted by atomic mass is 9.59. The van der Waals surface area contributed by atoms with E-state index in [1.165, 1.54) is 32.1 Å². The number of hydrogen-bond donors (Lipinski definition) is 2. The van der Waals surface area contributed by atoms with Gasteiger partial charge < -0.3 is 10.4 Å². The average Bonchev–Trinajstić information content (AvgIpc) is 2.44. The van der Waals surface area contributed by atoms with Crippen LogP contribution in [0.1, 0.15) is 51.4 Å². The molecule has 0 aromatic carbocycles. The van der Waals surface area contributed by atoms with Gasteiger partial charge in [-0.05, 0) is 43.9 Å². The number of nitrogens with one attached hydrogen (secondary N) is 1. The number of carboxylic acid groups (broad SMARTS) is 1. The molecule has 0 aliphatic heterocycles. The Bertz CT molecular complexity index is 362. The molecule has 0 atom stereocenters. The summed E-state index contributed by atoms with van der Waals surface area (Å²) in [6.45, 7) is 0.686. The Morgan fingerprint density at radius 1 is 1.10 bits per heavy atom. The van der Waals surface area contributed by atoms with Crippen LogP contribution in [0.25, 0.3) is 0 Å². The third-order valence-corrected chi connectivity index (χ3v) is 7.21. The van der Waals surface area contributed by atoms with Crippen molar-refractivity contribution in [1.82, 2.24) is 5.32 Å². The van der Waals surface area contributed by atoms with Gasteiger partial charge in [-0.15, -0.1) is 0 Å². The van der Waals surface area contributed by atoms with E-state index < -0.39 is 5.97 Å². The van der Waals surface area contributed by atoms with Gasteiger partial charge in [0.2, 0.25) is 5.91 Å². The smallest absolute Gasteiger partial charge is 0.304 e. The molecule has 0 aromatic rings. The predicted octanol–water partition coefficient (Wildman–Crippen LogP) is 3.32. The van der Waals surface area contributed by atoms with E-state index in [1.54, 1.807) is 21.6 Å². The molecule has 0 radical (unpaired) electrons. The summed E-state index contributed by atoms with van der Waals surface area (Å²) in [4.78, 5) is 22.4. The van der Waals surface area contributed by atoms with E-state index in [0.717, 1.165) is 18.6 Å². The van der Waals surface area contributed by atoms with Gasteiger partial charge in [0.15, 0.2) is 0 Å². The minimum absolute atomic E-state index is 0.202. The Hall–Kier alpha value is -0.360. The standard InChI is InChI=1S/C15H25NO3S2/c17-13(18)4-10-20-21-11-9-16-14(19)12-2-7-15(8-3-12)5-1-6-15/h12H,1-11H2,(H,16,19)(H,17,18). The maximum Gasteiger partial charge on any atom is 0.304 e. The first kappa shape index (κ1) is 17.0. The van der Waals surface area contributed by atoms with E-state index in [1.807, 2.05) is 0 Å². The van der Waals surface area contributed by atoms with Crippen molar-refractivity contribution in [2.45, 2.75) is 51.4 Å². The first-order valence-corrected chi connectivity index (χ1v) is 10.3. The largest absolute Gasteiger partial charge is 0.481 e.